The van der Waals surface area contributed by atoms with Crippen LogP contribution in [0.4, 0.5) is 5.82 Å². The Bertz CT molecular complexity index is 1140. The van der Waals surface area contributed by atoms with Gasteiger partial charge in [0.2, 0.25) is 0 Å². The topological polar surface area (TPSA) is 57.9 Å². The van der Waals surface area contributed by atoms with E-state index in [1.807, 2.05) is 25.3 Å². The molecule has 0 N–H and O–H groups in total. The molecule has 6 nitrogen and oxygen atoms in total. The highest BCUT2D eigenvalue weighted by Crippen LogP contribution is 2.38. The molecule has 3 aliphatic rings. The zero-order chi connectivity index (χ0) is 21.5. The minimum Gasteiger partial charge on any atom is -0.356 e. The number of piperidine rings is 1. The van der Waals surface area contributed by atoms with Crippen molar-refractivity contribution < 1.29 is 4.79 Å². The lowest BCUT2D eigenvalue weighted by molar-refractivity contribution is -0.123. The number of hydrogen-bond acceptors (Lipinski definition) is 6. The Morgan fingerprint density at radius 3 is 2.58 bits per heavy atom. The normalized spacial score (nSPS) is 21.8. The molecule has 162 valence electrons. The molecule has 1 saturated carbocycles. The van der Waals surface area contributed by atoms with E-state index >= 15 is 0 Å². The molecule has 5 rings (SSSR count). The average Bonchev–Trinajstić information content (AvgIpc) is 3.39. The maximum absolute atomic E-state index is 13.5. The quantitative estimate of drug-likeness (QED) is 0.513. The largest absolute Gasteiger partial charge is 0.356 e. The molecular weight excluding hydrogens is 428 g/mol. The van der Waals surface area contributed by atoms with Gasteiger partial charge >= 0.3 is 0 Å². The van der Waals surface area contributed by atoms with Crippen molar-refractivity contribution in [1.29, 1.82) is 0 Å². The van der Waals surface area contributed by atoms with Crippen molar-refractivity contribution in [3.8, 4) is 0 Å². The zero-order valence-corrected chi connectivity index (χ0v) is 19.3. The number of carbonyl (C=O) groups excluding carboxylic acids is 1. The van der Waals surface area contributed by atoms with Crippen LogP contribution in [0.1, 0.15) is 56.1 Å². The summed E-state index contributed by atoms with van der Waals surface area (Å²) < 4.78 is 2.19. The van der Waals surface area contributed by atoms with Crippen molar-refractivity contribution in [1.82, 2.24) is 14.3 Å². The first kappa shape index (κ1) is 20.7. The average molecular weight is 455 g/mol. The molecule has 1 amide bonds. The summed E-state index contributed by atoms with van der Waals surface area (Å²) in [4.78, 5) is 36.1. The fraction of sp³-hybridized carbons (Fsp3) is 0.478. The number of anilines is 1. The smallest absolute Gasteiger partial charge is 0.267 e. The van der Waals surface area contributed by atoms with E-state index < -0.39 is 0 Å². The maximum atomic E-state index is 13.5. The lowest BCUT2D eigenvalue weighted by Crippen LogP contribution is -2.36. The van der Waals surface area contributed by atoms with Crippen LogP contribution in [0.2, 0.25) is 0 Å². The molecule has 0 aromatic carbocycles. The van der Waals surface area contributed by atoms with Gasteiger partial charge in [-0.1, -0.05) is 42.9 Å². The fourth-order valence-electron chi connectivity index (χ4n) is 4.81. The second-order valence-electron chi connectivity index (χ2n) is 8.63. The number of hydrogen-bond donors (Lipinski definition) is 0. The molecule has 2 aromatic rings. The molecule has 3 fully saturated rings. The Labute approximate surface area is 191 Å². The van der Waals surface area contributed by atoms with E-state index in [1.54, 1.807) is 15.4 Å². The number of rotatable bonds is 3. The van der Waals surface area contributed by atoms with Gasteiger partial charge in [0.15, 0.2) is 0 Å². The van der Waals surface area contributed by atoms with E-state index in [1.165, 1.54) is 18.2 Å². The van der Waals surface area contributed by atoms with E-state index in [9.17, 15) is 9.59 Å². The van der Waals surface area contributed by atoms with Crippen molar-refractivity contribution in [2.24, 2.45) is 0 Å². The molecule has 2 saturated heterocycles. The van der Waals surface area contributed by atoms with Gasteiger partial charge in [-0.15, -0.1) is 0 Å². The van der Waals surface area contributed by atoms with E-state index in [0.717, 1.165) is 57.2 Å². The highest BCUT2D eigenvalue weighted by Gasteiger charge is 2.38. The van der Waals surface area contributed by atoms with Gasteiger partial charge in [0.05, 0.1) is 10.5 Å². The predicted octanol–water partition coefficient (Wildman–Crippen LogP) is 4.14. The van der Waals surface area contributed by atoms with E-state index in [4.69, 9.17) is 17.2 Å². The molecule has 0 atom stereocenters. The molecule has 0 radical (unpaired) electrons. The van der Waals surface area contributed by atoms with Gasteiger partial charge in [0.1, 0.15) is 15.8 Å². The van der Waals surface area contributed by atoms with Crippen molar-refractivity contribution >= 4 is 51.7 Å². The zero-order valence-electron chi connectivity index (χ0n) is 17.7. The maximum Gasteiger partial charge on any atom is 0.267 e. The first-order valence-electron chi connectivity index (χ1n) is 11.1. The molecule has 4 heterocycles. The number of fused-ring (bicyclic) bond motifs is 1. The predicted molar refractivity (Wildman–Crippen MR) is 130 cm³/mol. The Morgan fingerprint density at radius 1 is 1.10 bits per heavy atom. The first-order chi connectivity index (χ1) is 15.0. The number of nitrogens with zero attached hydrogens (tertiary/aromatic N) is 4. The molecule has 2 aliphatic heterocycles. The Kier molecular flexibility index (Phi) is 5.60. The molecule has 2 aromatic heterocycles. The van der Waals surface area contributed by atoms with Crippen LogP contribution in [0, 0.1) is 6.92 Å². The number of thiocarbonyl (C=S) groups is 1. The Hall–Kier alpha value is -2.19. The molecular formula is C23H26N4O2S2. The summed E-state index contributed by atoms with van der Waals surface area (Å²) in [5.41, 5.74) is 1.96. The molecule has 0 spiro atoms. The van der Waals surface area contributed by atoms with Crippen LogP contribution in [0.3, 0.4) is 0 Å². The third-order valence-electron chi connectivity index (χ3n) is 6.43. The number of aryl methyl sites for hydroxylation is 1. The summed E-state index contributed by atoms with van der Waals surface area (Å²) in [6.45, 7) is 3.70. The third kappa shape index (κ3) is 3.80. The third-order valence-corrected chi connectivity index (χ3v) is 7.76. The summed E-state index contributed by atoms with van der Waals surface area (Å²) in [5.74, 6) is 0.611. The molecule has 0 unspecified atom stereocenters. The van der Waals surface area contributed by atoms with Gasteiger partial charge in [-0.25, -0.2) is 4.98 Å². The number of amides is 1. The molecule has 0 bridgehead atoms. The second-order valence-corrected chi connectivity index (χ2v) is 10.3. The number of aromatic nitrogens is 2. The van der Waals surface area contributed by atoms with Crippen molar-refractivity contribution in [2.45, 2.75) is 57.9 Å². The fourth-order valence-corrected chi connectivity index (χ4v) is 6.19. The SMILES string of the molecule is Cc1ccc2nc(N3CCCCC3)c(/C=C3/SC(=S)N(C4CCCC4)C3=O)c(=O)n2c1. The Balaban J connectivity index is 1.62. The lowest BCUT2D eigenvalue weighted by Gasteiger charge is -2.29. The van der Waals surface area contributed by atoms with Gasteiger partial charge in [-0.05, 0) is 56.7 Å². The standard InChI is InChI=1S/C23H26N4O2S2/c1-15-9-10-19-24-20(25-11-5-2-6-12-25)17(21(28)26(19)14-15)13-18-22(29)27(23(30)31-18)16-7-3-4-8-16/h9-10,13-14,16H,2-8,11-12H2,1H3/b18-13+. The highest BCUT2D eigenvalue weighted by molar-refractivity contribution is 8.26. The monoisotopic (exact) mass is 454 g/mol. The minimum absolute atomic E-state index is 0.0692. The number of pyridine rings is 1. The lowest BCUT2D eigenvalue weighted by atomic mass is 10.1. The molecule has 8 heteroatoms. The Morgan fingerprint density at radius 2 is 1.84 bits per heavy atom. The first-order valence-corrected chi connectivity index (χ1v) is 12.3. The summed E-state index contributed by atoms with van der Waals surface area (Å²) in [7, 11) is 0. The van der Waals surface area contributed by atoms with Crippen molar-refractivity contribution in [2.75, 3.05) is 18.0 Å². The number of thioether (sulfide) groups is 1. The van der Waals surface area contributed by atoms with Crippen LogP contribution in [0.25, 0.3) is 11.7 Å². The van der Waals surface area contributed by atoms with Gasteiger partial charge in [0.25, 0.3) is 11.5 Å². The summed E-state index contributed by atoms with van der Waals surface area (Å²) >= 11 is 6.86. The van der Waals surface area contributed by atoms with Crippen LogP contribution in [0.5, 0.6) is 0 Å². The second kappa shape index (κ2) is 8.39. The van der Waals surface area contributed by atoms with E-state index in [2.05, 4.69) is 4.90 Å². The highest BCUT2D eigenvalue weighted by atomic mass is 32.2. The number of carbonyl (C=O) groups is 1. The van der Waals surface area contributed by atoms with E-state index in [-0.39, 0.29) is 17.5 Å². The summed E-state index contributed by atoms with van der Waals surface area (Å²) in [5, 5.41) is 0. The van der Waals surface area contributed by atoms with E-state index in [0.29, 0.717) is 26.3 Å². The van der Waals surface area contributed by atoms with Crippen LogP contribution in [-0.2, 0) is 4.79 Å². The summed E-state index contributed by atoms with van der Waals surface area (Å²) in [6.07, 6.45) is 11.2. The van der Waals surface area contributed by atoms with Gasteiger partial charge < -0.3 is 4.90 Å². The van der Waals surface area contributed by atoms with Crippen LogP contribution in [0.15, 0.2) is 28.0 Å². The minimum atomic E-state index is -0.139. The summed E-state index contributed by atoms with van der Waals surface area (Å²) in [6, 6.07) is 4.04. The van der Waals surface area contributed by atoms with Crippen LogP contribution in [-0.4, -0.2) is 43.6 Å². The molecule has 1 aliphatic carbocycles. The van der Waals surface area contributed by atoms with Gasteiger partial charge in [0, 0.05) is 25.3 Å². The van der Waals surface area contributed by atoms with Crippen LogP contribution >= 0.6 is 24.0 Å². The van der Waals surface area contributed by atoms with Crippen molar-refractivity contribution in [3.63, 3.8) is 0 Å². The van der Waals surface area contributed by atoms with Crippen molar-refractivity contribution in [3.05, 3.63) is 44.7 Å². The van der Waals surface area contributed by atoms with Gasteiger partial charge in [-0.2, -0.15) is 0 Å². The van der Waals surface area contributed by atoms with Gasteiger partial charge in [-0.3, -0.25) is 18.9 Å². The molecule has 31 heavy (non-hydrogen) atoms. The van der Waals surface area contributed by atoms with Crippen LogP contribution < -0.4 is 10.5 Å².